The number of methoxy groups -OCH3 is 2. The minimum absolute atomic E-state index is 0.119. The van der Waals surface area contributed by atoms with Gasteiger partial charge in [0.05, 0.1) is 12.7 Å². The number of amides is 2. The highest BCUT2D eigenvalue weighted by Gasteiger charge is 2.23. The highest BCUT2D eigenvalue weighted by molar-refractivity contribution is 5.96. The first-order valence-electron chi connectivity index (χ1n) is 9.28. The molecule has 0 saturated carbocycles. The Labute approximate surface area is 167 Å². The minimum Gasteiger partial charge on any atom is -0.465 e. The smallest absolute Gasteiger partial charge is 0.337 e. The largest absolute Gasteiger partial charge is 0.465 e. The van der Waals surface area contributed by atoms with E-state index in [1.165, 1.54) is 20.3 Å². The zero-order valence-corrected chi connectivity index (χ0v) is 16.4. The van der Waals surface area contributed by atoms with Crippen molar-refractivity contribution in [2.45, 2.75) is 32.2 Å². The van der Waals surface area contributed by atoms with Crippen LogP contribution in [0.2, 0.25) is 0 Å². The van der Waals surface area contributed by atoms with Gasteiger partial charge in [0.25, 0.3) is 5.91 Å². The topological polar surface area (TPSA) is 120 Å². The Hall–Kier alpha value is -3.20. The minimum atomic E-state index is -0.550. The van der Waals surface area contributed by atoms with E-state index in [1.807, 2.05) is 0 Å². The van der Waals surface area contributed by atoms with Crippen LogP contribution in [0.3, 0.4) is 0 Å². The molecule has 2 aromatic rings. The van der Waals surface area contributed by atoms with Crippen LogP contribution in [0, 0.1) is 0 Å². The van der Waals surface area contributed by atoms with Gasteiger partial charge in [0.15, 0.2) is 5.69 Å². The van der Waals surface area contributed by atoms with Crippen LogP contribution in [0.4, 0.5) is 5.69 Å². The number of carbonyl (C=O) groups excluding carboxylic acids is 3. The molecule has 0 saturated heterocycles. The molecule has 9 heteroatoms. The summed E-state index contributed by atoms with van der Waals surface area (Å²) in [7, 11) is 2.68. The van der Waals surface area contributed by atoms with Gasteiger partial charge in [-0.25, -0.2) is 4.79 Å². The number of hydrogen-bond acceptors (Lipinski definition) is 7. The second-order valence-corrected chi connectivity index (χ2v) is 6.71. The van der Waals surface area contributed by atoms with E-state index >= 15 is 0 Å². The van der Waals surface area contributed by atoms with Crippen molar-refractivity contribution in [2.75, 3.05) is 26.1 Å². The number of carbonyl (C=O) groups is 3. The molecule has 0 aliphatic heterocycles. The molecule has 154 valence electrons. The van der Waals surface area contributed by atoms with E-state index in [1.54, 1.807) is 12.1 Å². The number of hydrogen-bond donors (Lipinski definition) is 2. The SMILES string of the molecule is COCC(=O)Nc1cc(CNC(=O)c2noc3c2CCCC3)cc(C(=O)OC)c1. The first-order chi connectivity index (χ1) is 14.0. The molecule has 2 N–H and O–H groups in total. The van der Waals surface area contributed by atoms with E-state index in [9.17, 15) is 14.4 Å². The van der Waals surface area contributed by atoms with Crippen LogP contribution in [-0.4, -0.2) is 43.8 Å². The van der Waals surface area contributed by atoms with Crippen molar-refractivity contribution in [3.05, 3.63) is 46.3 Å². The molecule has 3 rings (SSSR count). The summed E-state index contributed by atoms with van der Waals surface area (Å²) in [6, 6.07) is 4.76. The van der Waals surface area contributed by atoms with Crippen molar-refractivity contribution in [3.63, 3.8) is 0 Å². The predicted molar refractivity (Wildman–Crippen MR) is 103 cm³/mol. The summed E-state index contributed by atoms with van der Waals surface area (Å²) in [6.45, 7) is 0.0181. The zero-order valence-electron chi connectivity index (χ0n) is 16.4. The van der Waals surface area contributed by atoms with Crippen molar-refractivity contribution in [3.8, 4) is 0 Å². The fourth-order valence-electron chi connectivity index (χ4n) is 3.26. The van der Waals surface area contributed by atoms with Crippen LogP contribution in [-0.2, 0) is 33.7 Å². The zero-order chi connectivity index (χ0) is 20.8. The summed E-state index contributed by atoms with van der Waals surface area (Å²) in [5, 5.41) is 9.35. The lowest BCUT2D eigenvalue weighted by molar-refractivity contribution is -0.119. The second-order valence-electron chi connectivity index (χ2n) is 6.71. The van der Waals surface area contributed by atoms with Gasteiger partial charge in [-0.05, 0) is 43.0 Å². The van der Waals surface area contributed by atoms with E-state index in [0.29, 0.717) is 16.9 Å². The van der Waals surface area contributed by atoms with E-state index in [0.717, 1.165) is 37.0 Å². The fourth-order valence-corrected chi connectivity index (χ4v) is 3.26. The molecule has 29 heavy (non-hydrogen) atoms. The first-order valence-corrected chi connectivity index (χ1v) is 9.28. The Morgan fingerprint density at radius 1 is 1.14 bits per heavy atom. The number of aromatic nitrogens is 1. The summed E-state index contributed by atoms with van der Waals surface area (Å²) >= 11 is 0. The number of ether oxygens (including phenoxy) is 2. The molecule has 1 aromatic heterocycles. The van der Waals surface area contributed by atoms with E-state index in [2.05, 4.69) is 15.8 Å². The third-order valence-electron chi connectivity index (χ3n) is 4.59. The normalized spacial score (nSPS) is 12.8. The molecule has 1 aromatic carbocycles. The molecule has 0 radical (unpaired) electrons. The van der Waals surface area contributed by atoms with Crippen molar-refractivity contribution >= 4 is 23.5 Å². The van der Waals surface area contributed by atoms with Crippen molar-refractivity contribution in [1.29, 1.82) is 0 Å². The molecule has 0 unspecified atom stereocenters. The Morgan fingerprint density at radius 2 is 1.93 bits per heavy atom. The standard InChI is InChI=1S/C20H23N3O6/c1-27-11-17(24)22-14-8-12(7-13(9-14)20(26)28-2)10-21-19(25)18-15-5-3-4-6-16(15)29-23-18/h7-9H,3-6,10-11H2,1-2H3,(H,21,25)(H,22,24). The summed E-state index contributed by atoms with van der Waals surface area (Å²) < 4.78 is 14.8. The van der Waals surface area contributed by atoms with Gasteiger partial charge in [-0.2, -0.15) is 0 Å². The van der Waals surface area contributed by atoms with E-state index < -0.39 is 5.97 Å². The van der Waals surface area contributed by atoms with Gasteiger partial charge in [-0.15, -0.1) is 0 Å². The average Bonchev–Trinajstić information content (AvgIpc) is 3.15. The van der Waals surface area contributed by atoms with Crippen LogP contribution < -0.4 is 10.6 Å². The van der Waals surface area contributed by atoms with Gasteiger partial charge in [0, 0.05) is 31.3 Å². The van der Waals surface area contributed by atoms with Gasteiger partial charge >= 0.3 is 5.97 Å². The van der Waals surface area contributed by atoms with Crippen LogP contribution in [0.15, 0.2) is 22.7 Å². The Balaban J connectivity index is 1.75. The van der Waals surface area contributed by atoms with Gasteiger partial charge in [-0.1, -0.05) is 5.16 Å². The molecule has 1 aliphatic rings. The Kier molecular flexibility index (Phi) is 6.61. The number of anilines is 1. The lowest BCUT2D eigenvalue weighted by atomic mass is 9.96. The molecule has 0 spiro atoms. The van der Waals surface area contributed by atoms with Gasteiger partial charge in [0.1, 0.15) is 12.4 Å². The second kappa shape index (κ2) is 9.33. The van der Waals surface area contributed by atoms with Crippen molar-refractivity contribution in [2.24, 2.45) is 0 Å². The number of nitrogens with one attached hydrogen (secondary N) is 2. The summed E-state index contributed by atoms with van der Waals surface area (Å²) in [4.78, 5) is 36.3. The van der Waals surface area contributed by atoms with Crippen LogP contribution in [0.1, 0.15) is 50.6 Å². The van der Waals surface area contributed by atoms with Crippen LogP contribution in [0.25, 0.3) is 0 Å². The molecular weight excluding hydrogens is 378 g/mol. The molecule has 1 heterocycles. The Morgan fingerprint density at radius 3 is 2.69 bits per heavy atom. The highest BCUT2D eigenvalue weighted by atomic mass is 16.5. The first kappa shape index (κ1) is 20.5. The van der Waals surface area contributed by atoms with Crippen molar-refractivity contribution < 1.29 is 28.4 Å². The number of esters is 1. The van der Waals surface area contributed by atoms with Crippen LogP contribution >= 0.6 is 0 Å². The van der Waals surface area contributed by atoms with E-state index in [4.69, 9.17) is 14.0 Å². The van der Waals surface area contributed by atoms with Gasteiger partial charge in [0.2, 0.25) is 5.91 Å². The maximum Gasteiger partial charge on any atom is 0.337 e. The molecule has 9 nitrogen and oxygen atoms in total. The Bertz CT molecular complexity index is 921. The van der Waals surface area contributed by atoms with E-state index in [-0.39, 0.29) is 30.5 Å². The molecule has 0 atom stereocenters. The monoisotopic (exact) mass is 401 g/mol. The quantitative estimate of drug-likeness (QED) is 0.680. The molecule has 2 amide bonds. The van der Waals surface area contributed by atoms with Crippen LogP contribution in [0.5, 0.6) is 0 Å². The highest BCUT2D eigenvalue weighted by Crippen LogP contribution is 2.24. The average molecular weight is 401 g/mol. The number of benzene rings is 1. The maximum absolute atomic E-state index is 12.6. The predicted octanol–water partition coefficient (Wildman–Crippen LogP) is 1.85. The van der Waals surface area contributed by atoms with Gasteiger partial charge in [-0.3, -0.25) is 9.59 Å². The third kappa shape index (κ3) is 5.00. The molecule has 1 aliphatic carbocycles. The third-order valence-corrected chi connectivity index (χ3v) is 4.59. The fraction of sp³-hybridized carbons (Fsp3) is 0.400. The summed E-state index contributed by atoms with van der Waals surface area (Å²) in [5.41, 5.74) is 2.44. The molecular formula is C20H23N3O6. The van der Waals surface area contributed by atoms with Crippen molar-refractivity contribution in [1.82, 2.24) is 10.5 Å². The lowest BCUT2D eigenvalue weighted by Crippen LogP contribution is -2.25. The number of rotatable bonds is 7. The summed E-state index contributed by atoms with van der Waals surface area (Å²) in [6.07, 6.45) is 3.59. The molecule has 0 fully saturated rings. The maximum atomic E-state index is 12.6. The number of aryl methyl sites for hydroxylation is 1. The molecule has 0 bridgehead atoms. The lowest BCUT2D eigenvalue weighted by Gasteiger charge is -2.12. The number of fused-ring (bicyclic) bond motifs is 1. The number of nitrogens with zero attached hydrogens (tertiary/aromatic N) is 1. The van der Waals surface area contributed by atoms with Gasteiger partial charge < -0.3 is 24.6 Å². The summed E-state index contributed by atoms with van der Waals surface area (Å²) in [5.74, 6) is -0.479.